The lowest BCUT2D eigenvalue weighted by molar-refractivity contribution is -0.138. The molecule has 0 radical (unpaired) electrons. The predicted molar refractivity (Wildman–Crippen MR) is 106 cm³/mol. The third kappa shape index (κ3) is 3.68. The summed E-state index contributed by atoms with van der Waals surface area (Å²) in [6.45, 7) is 6.02. The Bertz CT molecular complexity index is 1220. The van der Waals surface area contributed by atoms with Crippen LogP contribution in [0.25, 0.3) is 16.5 Å². The largest absolute Gasteiger partial charge is 0.417 e. The van der Waals surface area contributed by atoms with Crippen molar-refractivity contribution in [1.82, 2.24) is 9.97 Å². The first-order valence-corrected chi connectivity index (χ1v) is 9.39. The third-order valence-electron chi connectivity index (χ3n) is 5.48. The number of hydrogen-bond acceptors (Lipinski definition) is 2. The quantitative estimate of drug-likeness (QED) is 0.482. The van der Waals surface area contributed by atoms with Gasteiger partial charge in [-0.15, -0.1) is 0 Å². The maximum absolute atomic E-state index is 14.7. The van der Waals surface area contributed by atoms with Crippen molar-refractivity contribution in [3.63, 3.8) is 0 Å². The normalized spacial score (nSPS) is 16.9. The Kier molecular flexibility index (Phi) is 5.07. The number of alkyl halides is 3. The van der Waals surface area contributed by atoms with Crippen molar-refractivity contribution in [2.24, 2.45) is 0 Å². The smallest absolute Gasteiger partial charge is 0.359 e. The number of pyridine rings is 1. The standard InChI is InChI=1S/C22H17F6N3/c1-11-4-6-31(21-18(25)7-13(9-30-21)22(26,27)28)10-15(11)12(2)19-14-3-5-29-20(14)17(24)8-16(19)23/h3,5,7-9,29H,1,4,6,10H2,2H3/b15-12+. The number of rotatable bonds is 2. The summed E-state index contributed by atoms with van der Waals surface area (Å²) in [5.74, 6) is -2.80. The van der Waals surface area contributed by atoms with Gasteiger partial charge in [0.05, 0.1) is 11.1 Å². The number of nitrogens with zero attached hydrogens (tertiary/aromatic N) is 2. The molecule has 3 aromatic rings. The van der Waals surface area contributed by atoms with E-state index in [9.17, 15) is 26.3 Å². The van der Waals surface area contributed by atoms with Crippen LogP contribution in [0.4, 0.5) is 32.2 Å². The van der Waals surface area contributed by atoms with Crippen molar-refractivity contribution < 1.29 is 26.3 Å². The predicted octanol–water partition coefficient (Wildman–Crippen LogP) is 6.24. The average molecular weight is 437 g/mol. The molecule has 0 spiro atoms. The molecule has 0 bridgehead atoms. The minimum atomic E-state index is -4.70. The molecule has 162 valence electrons. The summed E-state index contributed by atoms with van der Waals surface area (Å²) in [6, 6.07) is 2.75. The number of allylic oxidation sites excluding steroid dienone is 1. The Labute approximate surface area is 173 Å². The molecule has 1 saturated heterocycles. The van der Waals surface area contributed by atoms with Gasteiger partial charge in [0, 0.05) is 42.5 Å². The number of hydrogen-bond donors (Lipinski definition) is 1. The van der Waals surface area contributed by atoms with E-state index < -0.39 is 29.2 Å². The van der Waals surface area contributed by atoms with E-state index in [1.165, 1.54) is 11.1 Å². The van der Waals surface area contributed by atoms with E-state index in [1.54, 1.807) is 13.0 Å². The van der Waals surface area contributed by atoms with Crippen LogP contribution < -0.4 is 4.90 Å². The second-order valence-corrected chi connectivity index (χ2v) is 7.39. The fraction of sp³-hybridized carbons (Fsp3) is 0.227. The van der Waals surface area contributed by atoms with E-state index in [-0.39, 0.29) is 30.0 Å². The molecule has 3 nitrogen and oxygen atoms in total. The van der Waals surface area contributed by atoms with Crippen molar-refractivity contribution in [3.05, 3.63) is 76.9 Å². The molecule has 0 saturated carbocycles. The molecule has 1 fully saturated rings. The molecule has 9 heteroatoms. The van der Waals surface area contributed by atoms with Gasteiger partial charge in [0.1, 0.15) is 11.6 Å². The van der Waals surface area contributed by atoms with E-state index in [2.05, 4.69) is 16.5 Å². The van der Waals surface area contributed by atoms with Crippen LogP contribution in [-0.2, 0) is 6.18 Å². The van der Waals surface area contributed by atoms with E-state index in [0.29, 0.717) is 40.8 Å². The lowest BCUT2D eigenvalue weighted by Crippen LogP contribution is -2.34. The molecule has 1 aromatic carbocycles. The highest BCUT2D eigenvalue weighted by Crippen LogP contribution is 2.37. The molecule has 31 heavy (non-hydrogen) atoms. The molecule has 0 unspecified atom stereocenters. The number of aromatic nitrogens is 2. The fourth-order valence-corrected chi connectivity index (χ4v) is 3.88. The first-order chi connectivity index (χ1) is 14.6. The Hall–Kier alpha value is -3.23. The van der Waals surface area contributed by atoms with Crippen LogP contribution in [0.3, 0.4) is 0 Å². The van der Waals surface area contributed by atoms with E-state index in [0.717, 1.165) is 6.07 Å². The van der Waals surface area contributed by atoms with Crippen LogP contribution >= 0.6 is 0 Å². The van der Waals surface area contributed by atoms with E-state index in [1.807, 2.05) is 0 Å². The van der Waals surface area contributed by atoms with Gasteiger partial charge < -0.3 is 9.88 Å². The Morgan fingerprint density at radius 1 is 1.13 bits per heavy atom. The van der Waals surface area contributed by atoms with Gasteiger partial charge in [-0.1, -0.05) is 6.58 Å². The van der Waals surface area contributed by atoms with Crippen molar-refractivity contribution >= 4 is 22.3 Å². The highest BCUT2D eigenvalue weighted by atomic mass is 19.4. The lowest BCUT2D eigenvalue weighted by Gasteiger charge is -2.33. The summed E-state index contributed by atoms with van der Waals surface area (Å²) in [4.78, 5) is 7.90. The minimum absolute atomic E-state index is 0.0721. The second kappa shape index (κ2) is 7.47. The van der Waals surface area contributed by atoms with Gasteiger partial charge in [0.15, 0.2) is 11.6 Å². The van der Waals surface area contributed by atoms with Gasteiger partial charge in [0.2, 0.25) is 0 Å². The highest BCUT2D eigenvalue weighted by molar-refractivity contribution is 5.94. The minimum Gasteiger partial charge on any atom is -0.359 e. The average Bonchev–Trinajstić information content (AvgIpc) is 3.17. The van der Waals surface area contributed by atoms with E-state index in [4.69, 9.17) is 0 Å². The van der Waals surface area contributed by atoms with Crippen LogP contribution in [-0.4, -0.2) is 23.1 Å². The van der Waals surface area contributed by atoms with Crippen LogP contribution in [0.2, 0.25) is 0 Å². The molecule has 1 N–H and O–H groups in total. The molecule has 1 aliphatic heterocycles. The van der Waals surface area contributed by atoms with Gasteiger partial charge in [-0.2, -0.15) is 13.2 Å². The molecule has 2 aromatic heterocycles. The van der Waals surface area contributed by atoms with Crippen molar-refractivity contribution in [1.29, 1.82) is 0 Å². The SMILES string of the molecule is C=C1CCN(c2ncc(C(F)(F)F)cc2F)C/C1=C(/C)c1c(F)cc(F)c2[nH]ccc12. The van der Waals surface area contributed by atoms with Crippen molar-refractivity contribution in [2.45, 2.75) is 19.5 Å². The van der Waals surface area contributed by atoms with Gasteiger partial charge in [-0.25, -0.2) is 18.2 Å². The van der Waals surface area contributed by atoms with Crippen LogP contribution in [0.15, 0.2) is 48.3 Å². The van der Waals surface area contributed by atoms with Crippen molar-refractivity contribution in [3.8, 4) is 0 Å². The molecule has 0 amide bonds. The third-order valence-corrected chi connectivity index (χ3v) is 5.48. The lowest BCUT2D eigenvalue weighted by atomic mass is 9.90. The molecule has 4 rings (SSSR count). The Balaban J connectivity index is 1.76. The zero-order valence-electron chi connectivity index (χ0n) is 16.4. The number of nitrogens with one attached hydrogen (secondary N) is 1. The topological polar surface area (TPSA) is 31.9 Å². The number of fused-ring (bicyclic) bond motifs is 1. The Morgan fingerprint density at radius 2 is 1.87 bits per heavy atom. The number of H-pyrrole nitrogens is 1. The van der Waals surface area contributed by atoms with Gasteiger partial charge in [0.25, 0.3) is 0 Å². The zero-order chi connectivity index (χ0) is 22.5. The Morgan fingerprint density at radius 3 is 2.55 bits per heavy atom. The number of aromatic amines is 1. The van der Waals surface area contributed by atoms with Gasteiger partial charge in [-0.3, -0.25) is 0 Å². The molecular formula is C22H17F6N3. The maximum atomic E-state index is 14.7. The summed E-state index contributed by atoms with van der Waals surface area (Å²) in [5.41, 5.74) is 0.949. The molecule has 0 atom stereocenters. The summed E-state index contributed by atoms with van der Waals surface area (Å²) < 4.78 is 81.6. The number of piperidine rings is 1. The summed E-state index contributed by atoms with van der Waals surface area (Å²) in [5, 5.41) is 0.353. The first-order valence-electron chi connectivity index (χ1n) is 9.39. The molecule has 0 aliphatic carbocycles. The fourth-order valence-electron chi connectivity index (χ4n) is 3.88. The number of halogens is 6. The summed E-state index contributed by atoms with van der Waals surface area (Å²) in [6.07, 6.45) is -2.24. The molecular weight excluding hydrogens is 420 g/mol. The van der Waals surface area contributed by atoms with Gasteiger partial charge >= 0.3 is 6.18 Å². The number of benzene rings is 1. The van der Waals surface area contributed by atoms with Crippen LogP contribution in [0.5, 0.6) is 0 Å². The first kappa shape index (κ1) is 21.0. The zero-order valence-corrected chi connectivity index (χ0v) is 16.4. The summed E-state index contributed by atoms with van der Waals surface area (Å²) in [7, 11) is 0. The summed E-state index contributed by atoms with van der Waals surface area (Å²) >= 11 is 0. The van der Waals surface area contributed by atoms with Gasteiger partial charge in [-0.05, 0) is 42.2 Å². The monoisotopic (exact) mass is 437 g/mol. The molecule has 3 heterocycles. The van der Waals surface area contributed by atoms with Crippen LogP contribution in [0, 0.1) is 17.5 Å². The van der Waals surface area contributed by atoms with Crippen molar-refractivity contribution in [2.75, 3.05) is 18.0 Å². The maximum Gasteiger partial charge on any atom is 0.417 e. The van der Waals surface area contributed by atoms with E-state index >= 15 is 0 Å². The highest BCUT2D eigenvalue weighted by Gasteiger charge is 2.33. The van der Waals surface area contributed by atoms with Crippen LogP contribution in [0.1, 0.15) is 24.5 Å². The number of anilines is 1. The second-order valence-electron chi connectivity index (χ2n) is 7.39. The molecule has 1 aliphatic rings.